The van der Waals surface area contributed by atoms with Crippen molar-refractivity contribution in [1.82, 2.24) is 4.90 Å². The van der Waals surface area contributed by atoms with Gasteiger partial charge in [-0.05, 0) is 61.6 Å². The lowest BCUT2D eigenvalue weighted by atomic mass is 9.67. The standard InChI is InChI=1S/C26H24ClF3N2O5/c27-15-4-7-19-21(13-15)32(25(36)14-2-1-3-17(12-14)37-26(28,29)30)20-9-8-18(20)24(19)31(16-5-6-16)22(33)10-11-23(34)35/h1-4,7,12-13,16,18,20,24H,5-6,8-11H2,(H,34,35)/t18-,20+,24+/m0/s1. The van der Waals surface area contributed by atoms with Gasteiger partial charge in [-0.2, -0.15) is 0 Å². The zero-order chi connectivity index (χ0) is 26.5. The van der Waals surface area contributed by atoms with Gasteiger partial charge in [0.25, 0.3) is 5.91 Å². The Morgan fingerprint density at radius 3 is 2.43 bits per heavy atom. The molecule has 5 rings (SSSR count). The summed E-state index contributed by atoms with van der Waals surface area (Å²) in [4.78, 5) is 41.4. The van der Waals surface area contributed by atoms with Gasteiger partial charge in [-0.15, -0.1) is 13.2 Å². The lowest BCUT2D eigenvalue weighted by molar-refractivity contribution is -0.274. The predicted octanol–water partition coefficient (Wildman–Crippen LogP) is 5.57. The van der Waals surface area contributed by atoms with E-state index in [1.54, 1.807) is 28.0 Å². The molecule has 0 radical (unpaired) electrons. The monoisotopic (exact) mass is 536 g/mol. The van der Waals surface area contributed by atoms with Gasteiger partial charge in [-0.25, -0.2) is 0 Å². The first-order valence-corrected chi connectivity index (χ1v) is 12.4. The van der Waals surface area contributed by atoms with Gasteiger partial charge >= 0.3 is 12.3 Å². The molecule has 0 unspecified atom stereocenters. The van der Waals surface area contributed by atoms with Crippen LogP contribution in [-0.4, -0.2) is 46.2 Å². The Hall–Kier alpha value is -3.27. The van der Waals surface area contributed by atoms with Crippen LogP contribution in [0.4, 0.5) is 18.9 Å². The Balaban J connectivity index is 1.52. The number of halogens is 4. The number of alkyl halides is 3. The summed E-state index contributed by atoms with van der Waals surface area (Å²) < 4.78 is 42.2. The fourth-order valence-electron chi connectivity index (χ4n) is 5.44. The second kappa shape index (κ2) is 9.55. The summed E-state index contributed by atoms with van der Waals surface area (Å²) in [5, 5.41) is 9.46. The summed E-state index contributed by atoms with van der Waals surface area (Å²) in [6.45, 7) is 0. The van der Waals surface area contributed by atoms with E-state index in [4.69, 9.17) is 16.7 Å². The Bertz CT molecular complexity index is 1250. The molecule has 7 nitrogen and oxygen atoms in total. The van der Waals surface area contributed by atoms with Crippen LogP contribution in [-0.2, 0) is 9.59 Å². The summed E-state index contributed by atoms with van der Waals surface area (Å²) in [5.74, 6) is -2.36. The summed E-state index contributed by atoms with van der Waals surface area (Å²) in [6, 6.07) is 9.42. The zero-order valence-corrected chi connectivity index (χ0v) is 20.3. The topological polar surface area (TPSA) is 87.2 Å². The summed E-state index contributed by atoms with van der Waals surface area (Å²) in [6.07, 6.45) is -2.23. The van der Waals surface area contributed by atoms with Crippen LogP contribution in [0.2, 0.25) is 5.02 Å². The highest BCUT2D eigenvalue weighted by Crippen LogP contribution is 2.55. The molecule has 1 N–H and O–H groups in total. The van der Waals surface area contributed by atoms with Crippen molar-refractivity contribution < 1.29 is 37.4 Å². The molecular formula is C26H24ClF3N2O5. The molecule has 2 amide bonds. The van der Waals surface area contributed by atoms with Crippen LogP contribution >= 0.6 is 11.6 Å². The molecule has 0 saturated heterocycles. The fraction of sp³-hybridized carbons (Fsp3) is 0.423. The number of anilines is 1. The fourth-order valence-corrected chi connectivity index (χ4v) is 5.61. The van der Waals surface area contributed by atoms with Crippen LogP contribution in [0, 0.1) is 5.92 Å². The molecule has 0 bridgehead atoms. The molecule has 2 fully saturated rings. The molecule has 2 saturated carbocycles. The largest absolute Gasteiger partial charge is 0.573 e. The van der Waals surface area contributed by atoms with Gasteiger partial charge < -0.3 is 19.6 Å². The molecule has 2 aromatic rings. The van der Waals surface area contributed by atoms with E-state index in [0.29, 0.717) is 17.1 Å². The molecule has 3 aliphatic rings. The number of aliphatic carboxylic acids is 1. The normalized spacial score (nSPS) is 22.4. The molecule has 0 spiro atoms. The van der Waals surface area contributed by atoms with Crippen molar-refractivity contribution in [1.29, 1.82) is 0 Å². The van der Waals surface area contributed by atoms with E-state index >= 15 is 0 Å². The Kier molecular flexibility index (Phi) is 6.55. The smallest absolute Gasteiger partial charge is 0.481 e. The van der Waals surface area contributed by atoms with Crippen molar-refractivity contribution in [3.63, 3.8) is 0 Å². The van der Waals surface area contributed by atoms with Crippen molar-refractivity contribution in [3.8, 4) is 5.75 Å². The van der Waals surface area contributed by atoms with Crippen molar-refractivity contribution in [2.75, 3.05) is 4.90 Å². The molecule has 11 heteroatoms. The van der Waals surface area contributed by atoms with Gasteiger partial charge in [0.1, 0.15) is 5.75 Å². The quantitative estimate of drug-likeness (QED) is 0.499. The average Bonchev–Trinajstić information content (AvgIpc) is 3.63. The number of benzene rings is 2. The first-order valence-electron chi connectivity index (χ1n) is 12.1. The minimum Gasteiger partial charge on any atom is -0.481 e. The maximum Gasteiger partial charge on any atom is 0.573 e. The van der Waals surface area contributed by atoms with Crippen LogP contribution in [0.3, 0.4) is 0 Å². The van der Waals surface area contributed by atoms with E-state index in [9.17, 15) is 27.6 Å². The number of hydrogen-bond acceptors (Lipinski definition) is 4. The zero-order valence-electron chi connectivity index (χ0n) is 19.6. The molecule has 0 aromatic heterocycles. The maximum absolute atomic E-state index is 13.7. The van der Waals surface area contributed by atoms with Crippen LogP contribution in [0.15, 0.2) is 42.5 Å². The third-order valence-corrected chi connectivity index (χ3v) is 7.45. The molecule has 2 aliphatic carbocycles. The van der Waals surface area contributed by atoms with Crippen molar-refractivity contribution in [3.05, 3.63) is 58.6 Å². The number of rotatable bonds is 7. The number of ether oxygens (including phenoxy) is 1. The highest BCUT2D eigenvalue weighted by Gasteiger charge is 2.53. The van der Waals surface area contributed by atoms with E-state index in [2.05, 4.69) is 4.74 Å². The van der Waals surface area contributed by atoms with Gasteiger partial charge in [-0.3, -0.25) is 14.4 Å². The van der Waals surface area contributed by atoms with E-state index in [-0.39, 0.29) is 48.4 Å². The molecule has 1 heterocycles. The summed E-state index contributed by atoms with van der Waals surface area (Å²) in [5.41, 5.74) is 1.26. The number of carbonyl (C=O) groups is 3. The highest BCUT2D eigenvalue weighted by molar-refractivity contribution is 6.31. The van der Waals surface area contributed by atoms with Crippen molar-refractivity contribution >= 4 is 35.1 Å². The van der Waals surface area contributed by atoms with E-state index < -0.39 is 24.0 Å². The van der Waals surface area contributed by atoms with E-state index in [1.807, 2.05) is 0 Å². The minimum absolute atomic E-state index is 0.00882. The number of fused-ring (bicyclic) bond motifs is 2. The van der Waals surface area contributed by atoms with Gasteiger partial charge in [0.05, 0.1) is 18.2 Å². The molecule has 2 aromatic carbocycles. The van der Waals surface area contributed by atoms with Crippen molar-refractivity contribution in [2.24, 2.45) is 5.92 Å². The Labute approximate surface area is 215 Å². The number of hydrogen-bond donors (Lipinski definition) is 1. The molecule has 1 aliphatic heterocycles. The van der Waals surface area contributed by atoms with Crippen LogP contribution in [0.1, 0.15) is 60.5 Å². The van der Waals surface area contributed by atoms with Crippen LogP contribution < -0.4 is 9.64 Å². The molecule has 196 valence electrons. The molecule has 37 heavy (non-hydrogen) atoms. The van der Waals surface area contributed by atoms with Crippen molar-refractivity contribution in [2.45, 2.75) is 63.0 Å². The van der Waals surface area contributed by atoms with Gasteiger partial charge in [0, 0.05) is 35.0 Å². The molecule has 3 atom stereocenters. The minimum atomic E-state index is -4.89. The SMILES string of the molecule is O=C(O)CCC(=O)N(C1CC1)[C@H]1c2ccc(Cl)cc2N(C(=O)c2cccc(OC(F)(F)F)c2)[C@@H]2CC[C@@H]21. The predicted molar refractivity (Wildman–Crippen MR) is 127 cm³/mol. The summed E-state index contributed by atoms with van der Waals surface area (Å²) >= 11 is 6.31. The number of carbonyl (C=O) groups excluding carboxylic acids is 2. The summed E-state index contributed by atoms with van der Waals surface area (Å²) in [7, 11) is 0. The van der Waals surface area contributed by atoms with Crippen LogP contribution in [0.5, 0.6) is 5.75 Å². The van der Waals surface area contributed by atoms with Crippen LogP contribution in [0.25, 0.3) is 0 Å². The second-order valence-electron chi connectivity index (χ2n) is 9.63. The average molecular weight is 537 g/mol. The van der Waals surface area contributed by atoms with E-state index in [0.717, 1.165) is 37.0 Å². The third-order valence-electron chi connectivity index (χ3n) is 7.21. The molecular weight excluding hydrogens is 513 g/mol. The Morgan fingerprint density at radius 2 is 1.81 bits per heavy atom. The second-order valence-corrected chi connectivity index (χ2v) is 10.1. The highest BCUT2D eigenvalue weighted by atomic mass is 35.5. The first-order chi connectivity index (χ1) is 17.5. The number of carboxylic acid groups (broad SMARTS) is 1. The van der Waals surface area contributed by atoms with Gasteiger partial charge in [0.15, 0.2) is 0 Å². The Morgan fingerprint density at radius 1 is 1.05 bits per heavy atom. The van der Waals surface area contributed by atoms with Gasteiger partial charge in [-0.1, -0.05) is 23.7 Å². The third kappa shape index (κ3) is 5.12. The number of amides is 2. The van der Waals surface area contributed by atoms with E-state index in [1.165, 1.54) is 12.1 Å². The number of carboxylic acids is 1. The maximum atomic E-state index is 13.7. The lowest BCUT2D eigenvalue weighted by Crippen LogP contribution is -2.59. The lowest BCUT2D eigenvalue weighted by Gasteiger charge is -2.55. The van der Waals surface area contributed by atoms with Gasteiger partial charge in [0.2, 0.25) is 5.91 Å². The first kappa shape index (κ1) is 25.4. The number of nitrogens with zero attached hydrogens (tertiary/aromatic N) is 2.